The summed E-state index contributed by atoms with van der Waals surface area (Å²) >= 11 is 1.29. The van der Waals surface area contributed by atoms with Crippen molar-refractivity contribution in [3.8, 4) is 0 Å². The third kappa shape index (κ3) is 5.13. The Morgan fingerprint density at radius 1 is 1.23 bits per heavy atom. The maximum atomic E-state index is 11.5. The second-order valence-electron chi connectivity index (χ2n) is 4.69. The highest BCUT2D eigenvalue weighted by Gasteiger charge is 2.08. The molecule has 2 aromatic rings. The zero-order valence-corrected chi connectivity index (χ0v) is 12.8. The fourth-order valence-corrected chi connectivity index (χ4v) is 2.45. The number of hydrogen-bond acceptors (Lipinski definition) is 5. The number of benzene rings is 1. The van der Waals surface area contributed by atoms with Crippen molar-refractivity contribution in [3.63, 3.8) is 0 Å². The first-order valence-corrected chi connectivity index (χ1v) is 7.49. The van der Waals surface area contributed by atoms with Gasteiger partial charge in [-0.15, -0.1) is 10.2 Å². The first-order valence-electron chi connectivity index (χ1n) is 6.67. The Morgan fingerprint density at radius 3 is 2.64 bits per heavy atom. The van der Waals surface area contributed by atoms with Crippen LogP contribution in [0.25, 0.3) is 0 Å². The molecule has 0 radical (unpaired) electrons. The second-order valence-corrected chi connectivity index (χ2v) is 5.75. The van der Waals surface area contributed by atoms with Crippen molar-refractivity contribution in [3.05, 3.63) is 40.4 Å². The average molecular weight is 320 g/mol. The van der Waals surface area contributed by atoms with Crippen molar-refractivity contribution in [2.75, 3.05) is 11.9 Å². The molecule has 1 aromatic carbocycles. The second kappa shape index (κ2) is 7.51. The number of carbonyl (C=O) groups is 2. The van der Waals surface area contributed by atoms with E-state index in [1.807, 2.05) is 31.2 Å². The van der Waals surface area contributed by atoms with E-state index in [4.69, 9.17) is 5.11 Å². The van der Waals surface area contributed by atoms with Crippen molar-refractivity contribution in [1.82, 2.24) is 15.5 Å². The van der Waals surface area contributed by atoms with Crippen LogP contribution in [0.1, 0.15) is 22.6 Å². The molecular formula is C14H16N4O3S. The third-order valence-corrected chi connectivity index (χ3v) is 3.63. The van der Waals surface area contributed by atoms with Crippen molar-refractivity contribution < 1.29 is 14.7 Å². The Bertz CT molecular complexity index is 654. The smallest absolute Gasteiger partial charge is 0.321 e. The van der Waals surface area contributed by atoms with Gasteiger partial charge in [0.2, 0.25) is 5.13 Å². The zero-order chi connectivity index (χ0) is 15.9. The normalized spacial score (nSPS) is 10.2. The number of aryl methyl sites for hydroxylation is 1. The summed E-state index contributed by atoms with van der Waals surface area (Å²) < 4.78 is 0. The van der Waals surface area contributed by atoms with Gasteiger partial charge < -0.3 is 10.4 Å². The van der Waals surface area contributed by atoms with Crippen LogP contribution in [0.3, 0.4) is 0 Å². The Kier molecular flexibility index (Phi) is 5.42. The van der Waals surface area contributed by atoms with Gasteiger partial charge in [-0.05, 0) is 12.5 Å². The summed E-state index contributed by atoms with van der Waals surface area (Å²) in [6.45, 7) is 2.09. The molecule has 0 bridgehead atoms. The number of rotatable bonds is 6. The number of nitrogens with one attached hydrogen (secondary N) is 2. The van der Waals surface area contributed by atoms with Gasteiger partial charge in [0.15, 0.2) is 0 Å². The lowest BCUT2D eigenvalue weighted by Crippen LogP contribution is -2.30. The van der Waals surface area contributed by atoms with Crippen LogP contribution >= 0.6 is 11.3 Å². The average Bonchev–Trinajstić information content (AvgIpc) is 2.88. The number of aliphatic carboxylic acids is 1. The van der Waals surface area contributed by atoms with E-state index in [9.17, 15) is 9.59 Å². The molecule has 0 saturated carbocycles. The number of hydrogen-bond donors (Lipinski definition) is 3. The SMILES string of the molecule is Cc1ccc(Cc2nnc(NC(=O)NCCC(=O)O)s2)cc1. The van der Waals surface area contributed by atoms with E-state index in [0.29, 0.717) is 11.6 Å². The van der Waals surface area contributed by atoms with E-state index in [1.165, 1.54) is 16.9 Å². The van der Waals surface area contributed by atoms with Gasteiger partial charge in [0.05, 0.1) is 6.42 Å². The molecule has 22 heavy (non-hydrogen) atoms. The highest BCUT2D eigenvalue weighted by molar-refractivity contribution is 7.15. The minimum atomic E-state index is -0.961. The molecule has 0 aliphatic rings. The van der Waals surface area contributed by atoms with Gasteiger partial charge in [0.25, 0.3) is 0 Å². The molecule has 1 aromatic heterocycles. The molecular weight excluding hydrogens is 304 g/mol. The molecule has 116 valence electrons. The van der Waals surface area contributed by atoms with E-state index in [0.717, 1.165) is 10.6 Å². The molecule has 0 fully saturated rings. The summed E-state index contributed by atoms with van der Waals surface area (Å²) in [5.74, 6) is -0.961. The van der Waals surface area contributed by atoms with Gasteiger partial charge in [0.1, 0.15) is 5.01 Å². The Morgan fingerprint density at radius 2 is 1.95 bits per heavy atom. The summed E-state index contributed by atoms with van der Waals surface area (Å²) in [6, 6.07) is 7.64. The summed E-state index contributed by atoms with van der Waals surface area (Å²) in [5.41, 5.74) is 2.32. The number of urea groups is 1. The number of nitrogens with zero attached hydrogens (tertiary/aromatic N) is 2. The van der Waals surface area contributed by atoms with Gasteiger partial charge >= 0.3 is 12.0 Å². The lowest BCUT2D eigenvalue weighted by atomic mass is 10.1. The molecule has 7 nitrogen and oxygen atoms in total. The van der Waals surface area contributed by atoms with Gasteiger partial charge in [-0.1, -0.05) is 41.2 Å². The molecule has 0 saturated heterocycles. The highest BCUT2D eigenvalue weighted by Crippen LogP contribution is 2.18. The number of aromatic nitrogens is 2. The number of anilines is 1. The van der Waals surface area contributed by atoms with Crippen LogP contribution in [0.15, 0.2) is 24.3 Å². The Balaban J connectivity index is 1.84. The zero-order valence-electron chi connectivity index (χ0n) is 12.0. The molecule has 8 heteroatoms. The maximum Gasteiger partial charge on any atom is 0.321 e. The monoisotopic (exact) mass is 320 g/mol. The van der Waals surface area contributed by atoms with E-state index in [-0.39, 0.29) is 13.0 Å². The summed E-state index contributed by atoms with van der Waals surface area (Å²) in [4.78, 5) is 21.9. The van der Waals surface area contributed by atoms with Crippen LogP contribution in [0.5, 0.6) is 0 Å². The number of amides is 2. The fourth-order valence-electron chi connectivity index (χ4n) is 1.68. The third-order valence-electron chi connectivity index (χ3n) is 2.79. The van der Waals surface area contributed by atoms with Crippen molar-refractivity contribution in [2.45, 2.75) is 19.8 Å². The first kappa shape index (κ1) is 15.9. The molecule has 3 N–H and O–H groups in total. The number of carboxylic acids is 1. The molecule has 2 rings (SSSR count). The standard InChI is InChI=1S/C14H16N4O3S/c1-9-2-4-10(5-3-9)8-11-17-18-14(22-11)16-13(21)15-7-6-12(19)20/h2-5H,6-8H2,1H3,(H,19,20)(H2,15,16,18,21). The van der Waals surface area contributed by atoms with Crippen molar-refractivity contribution in [2.24, 2.45) is 0 Å². The number of carboxylic acid groups (broad SMARTS) is 1. The minimum Gasteiger partial charge on any atom is -0.481 e. The van der Waals surface area contributed by atoms with E-state index >= 15 is 0 Å². The van der Waals surface area contributed by atoms with Crippen molar-refractivity contribution in [1.29, 1.82) is 0 Å². The Hall–Kier alpha value is -2.48. The lowest BCUT2D eigenvalue weighted by molar-refractivity contribution is -0.136. The molecule has 0 atom stereocenters. The van der Waals surface area contributed by atoms with Gasteiger partial charge in [-0.3, -0.25) is 10.1 Å². The quantitative estimate of drug-likeness (QED) is 0.755. The number of carbonyl (C=O) groups excluding carboxylic acids is 1. The lowest BCUT2D eigenvalue weighted by Gasteiger charge is -2.02. The maximum absolute atomic E-state index is 11.5. The molecule has 0 unspecified atom stereocenters. The van der Waals surface area contributed by atoms with Crippen LogP contribution in [0.4, 0.5) is 9.93 Å². The summed E-state index contributed by atoms with van der Waals surface area (Å²) in [5, 5.41) is 22.6. The summed E-state index contributed by atoms with van der Waals surface area (Å²) in [6.07, 6.45) is 0.530. The van der Waals surface area contributed by atoms with Crippen LogP contribution in [0.2, 0.25) is 0 Å². The van der Waals surface area contributed by atoms with Crippen LogP contribution < -0.4 is 10.6 Å². The van der Waals surface area contributed by atoms with E-state index < -0.39 is 12.0 Å². The summed E-state index contributed by atoms with van der Waals surface area (Å²) in [7, 11) is 0. The van der Waals surface area contributed by atoms with Gasteiger partial charge in [0, 0.05) is 13.0 Å². The molecule has 0 aliphatic heterocycles. The van der Waals surface area contributed by atoms with Gasteiger partial charge in [-0.2, -0.15) is 0 Å². The molecule has 2 amide bonds. The molecule has 0 spiro atoms. The molecule has 1 heterocycles. The highest BCUT2D eigenvalue weighted by atomic mass is 32.1. The predicted molar refractivity (Wildman–Crippen MR) is 83.2 cm³/mol. The van der Waals surface area contributed by atoms with Crippen molar-refractivity contribution >= 4 is 28.5 Å². The van der Waals surface area contributed by atoms with Crippen LogP contribution in [-0.4, -0.2) is 33.8 Å². The fraction of sp³-hybridized carbons (Fsp3) is 0.286. The topological polar surface area (TPSA) is 104 Å². The predicted octanol–water partition coefficient (Wildman–Crippen LogP) is 2.03. The first-order chi connectivity index (χ1) is 10.5. The minimum absolute atomic E-state index is 0.0657. The van der Waals surface area contributed by atoms with Gasteiger partial charge in [-0.25, -0.2) is 4.79 Å². The van der Waals surface area contributed by atoms with Crippen LogP contribution in [0, 0.1) is 6.92 Å². The Labute approximate surface area is 131 Å². The largest absolute Gasteiger partial charge is 0.481 e. The molecule has 0 aliphatic carbocycles. The van der Waals surface area contributed by atoms with Crippen LogP contribution in [-0.2, 0) is 11.2 Å². The van der Waals surface area contributed by atoms with E-state index in [2.05, 4.69) is 20.8 Å². The van der Waals surface area contributed by atoms with E-state index in [1.54, 1.807) is 0 Å².